The molecule has 0 radical (unpaired) electrons. The van der Waals surface area contributed by atoms with Crippen LogP contribution >= 0.6 is 0 Å². The van der Waals surface area contributed by atoms with Crippen molar-refractivity contribution in [2.45, 2.75) is 12.8 Å². The Labute approximate surface area is 110 Å². The summed E-state index contributed by atoms with van der Waals surface area (Å²) in [7, 11) is -2.62. The monoisotopic (exact) mass is 251 g/mol. The Morgan fingerprint density at radius 2 is 2.28 bits per heavy atom. The molecule has 1 aliphatic rings. The summed E-state index contributed by atoms with van der Waals surface area (Å²) in [4.78, 5) is 12.6. The van der Waals surface area contributed by atoms with Crippen molar-refractivity contribution in [3.05, 3.63) is 40.1 Å². The highest BCUT2D eigenvalue weighted by atomic mass is 16.6. The maximum atomic E-state index is 11.1. The van der Waals surface area contributed by atoms with E-state index in [2.05, 4.69) is 9.64 Å². The van der Waals surface area contributed by atoms with Crippen molar-refractivity contribution in [2.24, 2.45) is 0 Å². The molecule has 0 amide bonds. The van der Waals surface area contributed by atoms with Crippen LogP contribution in [0.4, 0.5) is 5.69 Å². The zero-order valence-electron chi connectivity index (χ0n) is 12.8. The average molecular weight is 251 g/mol. The third-order valence-corrected chi connectivity index (χ3v) is 2.92. The number of hydrogen-bond donors (Lipinski definition) is 0. The van der Waals surface area contributed by atoms with E-state index in [1.807, 2.05) is 6.20 Å². The zero-order chi connectivity index (χ0) is 15.5. The third-order valence-electron chi connectivity index (χ3n) is 2.92. The summed E-state index contributed by atoms with van der Waals surface area (Å²) in [6.07, 6.45) is 5.75. The molecule has 5 heteroatoms. The molecule has 1 aromatic carbocycles. The van der Waals surface area contributed by atoms with Gasteiger partial charge < -0.3 is 9.64 Å². The van der Waals surface area contributed by atoms with Crippen LogP contribution in [0.3, 0.4) is 0 Å². The lowest BCUT2D eigenvalue weighted by molar-refractivity contribution is -0.385. The van der Waals surface area contributed by atoms with Crippen molar-refractivity contribution in [1.82, 2.24) is 4.90 Å². The molecule has 1 heterocycles. The van der Waals surface area contributed by atoms with E-state index in [0.717, 1.165) is 32.0 Å². The number of ether oxygens (including phenoxy) is 1. The summed E-state index contributed by atoms with van der Waals surface area (Å²) in [5.74, 6) is -0.0416. The van der Waals surface area contributed by atoms with Crippen LogP contribution < -0.4 is 4.74 Å². The fraction of sp³-hybridized carbons (Fsp3) is 0.385. The summed E-state index contributed by atoms with van der Waals surface area (Å²) < 4.78 is 25.7. The molecule has 0 spiro atoms. The molecule has 1 saturated heterocycles. The second-order valence-electron chi connectivity index (χ2n) is 4.14. The first kappa shape index (κ1) is 8.97. The SMILES string of the molecule is [2H]C([2H])([2H])Oc1ccc(/C=C/N2CCCC2)c([N+](=O)[O-])c1. The van der Waals surface area contributed by atoms with Crippen LogP contribution in [0.2, 0.25) is 0 Å². The van der Waals surface area contributed by atoms with Gasteiger partial charge in [0.15, 0.2) is 0 Å². The number of benzene rings is 1. The summed E-state index contributed by atoms with van der Waals surface area (Å²) in [5, 5.41) is 11.1. The van der Waals surface area contributed by atoms with Gasteiger partial charge in [-0.3, -0.25) is 10.1 Å². The Morgan fingerprint density at radius 1 is 1.50 bits per heavy atom. The van der Waals surface area contributed by atoms with Crippen LogP contribution in [0, 0.1) is 10.1 Å². The minimum atomic E-state index is -2.62. The van der Waals surface area contributed by atoms with Gasteiger partial charge >= 0.3 is 0 Å². The first-order chi connectivity index (χ1) is 9.85. The Kier molecular flexibility index (Phi) is 2.75. The molecule has 1 fully saturated rings. The molecule has 5 nitrogen and oxygen atoms in total. The average Bonchev–Trinajstić information content (AvgIpc) is 2.88. The lowest BCUT2D eigenvalue weighted by Crippen LogP contribution is -2.10. The van der Waals surface area contributed by atoms with Gasteiger partial charge in [0.25, 0.3) is 5.69 Å². The van der Waals surface area contributed by atoms with Gasteiger partial charge in [-0.1, -0.05) is 0 Å². The Balaban J connectivity index is 2.22. The fourth-order valence-corrected chi connectivity index (χ4v) is 1.96. The minimum Gasteiger partial charge on any atom is -0.497 e. The number of methoxy groups -OCH3 is 1. The van der Waals surface area contributed by atoms with Gasteiger partial charge in [0, 0.05) is 13.1 Å². The molecule has 0 aromatic heterocycles. The predicted molar refractivity (Wildman–Crippen MR) is 69.5 cm³/mol. The van der Waals surface area contributed by atoms with E-state index in [1.54, 1.807) is 6.08 Å². The van der Waals surface area contributed by atoms with Crippen LogP contribution in [-0.2, 0) is 0 Å². The summed E-state index contributed by atoms with van der Waals surface area (Å²) in [6, 6.07) is 4.05. The van der Waals surface area contributed by atoms with Gasteiger partial charge in [-0.25, -0.2) is 0 Å². The highest BCUT2D eigenvalue weighted by Gasteiger charge is 2.13. The largest absolute Gasteiger partial charge is 0.497 e. The number of rotatable bonds is 4. The van der Waals surface area contributed by atoms with Gasteiger partial charge in [0.05, 0.1) is 27.7 Å². The molecule has 0 aliphatic carbocycles. The van der Waals surface area contributed by atoms with E-state index in [9.17, 15) is 10.1 Å². The maximum absolute atomic E-state index is 11.1. The second kappa shape index (κ2) is 5.53. The first-order valence-electron chi connectivity index (χ1n) is 7.25. The van der Waals surface area contributed by atoms with E-state index in [4.69, 9.17) is 4.11 Å². The van der Waals surface area contributed by atoms with Crippen molar-refractivity contribution in [3.8, 4) is 5.75 Å². The van der Waals surface area contributed by atoms with E-state index in [1.165, 1.54) is 12.1 Å². The lowest BCUT2D eigenvalue weighted by Gasteiger charge is -2.10. The Bertz CT molecular complexity index is 552. The van der Waals surface area contributed by atoms with Crippen LogP contribution in [0.25, 0.3) is 6.08 Å². The molecule has 2 rings (SSSR count). The zero-order valence-corrected chi connectivity index (χ0v) is 9.83. The molecule has 1 aliphatic heterocycles. The van der Waals surface area contributed by atoms with E-state index in [0.29, 0.717) is 5.56 Å². The minimum absolute atomic E-state index is 0.0416. The van der Waals surface area contributed by atoms with Crippen molar-refractivity contribution in [3.63, 3.8) is 0 Å². The van der Waals surface area contributed by atoms with Gasteiger partial charge in [-0.2, -0.15) is 0 Å². The molecule has 0 N–H and O–H groups in total. The second-order valence-corrected chi connectivity index (χ2v) is 4.14. The van der Waals surface area contributed by atoms with Crippen LogP contribution in [-0.4, -0.2) is 30.0 Å². The molecular weight excluding hydrogens is 232 g/mol. The third kappa shape index (κ3) is 2.80. The van der Waals surface area contributed by atoms with Crippen molar-refractivity contribution >= 4 is 11.8 Å². The molecular formula is C13H16N2O3. The predicted octanol–water partition coefficient (Wildman–Crippen LogP) is 2.67. The molecule has 18 heavy (non-hydrogen) atoms. The fourth-order valence-electron chi connectivity index (χ4n) is 1.96. The normalized spacial score (nSPS) is 18.4. The maximum Gasteiger partial charge on any atom is 0.280 e. The topological polar surface area (TPSA) is 55.6 Å². The number of nitro groups is 1. The molecule has 1 aromatic rings. The number of nitrogens with zero attached hydrogens (tertiary/aromatic N) is 2. The molecule has 0 unspecified atom stereocenters. The molecule has 0 saturated carbocycles. The highest BCUT2D eigenvalue weighted by Crippen LogP contribution is 2.26. The van der Waals surface area contributed by atoms with Crippen molar-refractivity contribution in [1.29, 1.82) is 0 Å². The van der Waals surface area contributed by atoms with Crippen molar-refractivity contribution in [2.75, 3.05) is 20.1 Å². The Morgan fingerprint density at radius 3 is 2.94 bits per heavy atom. The van der Waals surface area contributed by atoms with Crippen molar-refractivity contribution < 1.29 is 13.8 Å². The van der Waals surface area contributed by atoms with Crippen LogP contribution in [0.5, 0.6) is 5.75 Å². The standard InChI is InChI=1S/C13H16N2O3/c1-18-12-5-4-11(13(10-12)15(16)17)6-9-14-7-2-3-8-14/h4-6,9-10H,2-3,7-8H2,1H3/b9-6+/i1D3. The number of hydrogen-bond acceptors (Lipinski definition) is 4. The Hall–Kier alpha value is -2.04. The van der Waals surface area contributed by atoms with Gasteiger partial charge in [0.1, 0.15) is 5.75 Å². The van der Waals surface area contributed by atoms with E-state index < -0.39 is 12.0 Å². The molecule has 0 atom stereocenters. The van der Waals surface area contributed by atoms with Crippen LogP contribution in [0.1, 0.15) is 22.5 Å². The molecule has 96 valence electrons. The molecule has 0 bridgehead atoms. The lowest BCUT2D eigenvalue weighted by atomic mass is 10.1. The summed E-state index contributed by atoms with van der Waals surface area (Å²) in [6.45, 7) is 1.90. The summed E-state index contributed by atoms with van der Waals surface area (Å²) >= 11 is 0. The number of likely N-dealkylation sites (tertiary alicyclic amines) is 1. The van der Waals surface area contributed by atoms with E-state index in [-0.39, 0.29) is 11.4 Å². The van der Waals surface area contributed by atoms with Gasteiger partial charge in [-0.15, -0.1) is 0 Å². The number of nitro benzene ring substituents is 1. The van der Waals surface area contributed by atoms with Gasteiger partial charge in [-0.05, 0) is 37.3 Å². The van der Waals surface area contributed by atoms with Gasteiger partial charge in [0.2, 0.25) is 0 Å². The van der Waals surface area contributed by atoms with E-state index >= 15 is 0 Å². The first-order valence-corrected chi connectivity index (χ1v) is 5.75. The van der Waals surface area contributed by atoms with Crippen LogP contribution in [0.15, 0.2) is 24.4 Å². The summed E-state index contributed by atoms with van der Waals surface area (Å²) in [5.41, 5.74) is 0.247. The smallest absolute Gasteiger partial charge is 0.280 e. The quantitative estimate of drug-likeness (QED) is 0.609. The highest BCUT2D eigenvalue weighted by molar-refractivity contribution is 5.62.